The van der Waals surface area contributed by atoms with Crippen LogP contribution in [0.5, 0.6) is 0 Å². The molecule has 0 fully saturated rings. The summed E-state index contributed by atoms with van der Waals surface area (Å²) in [6, 6.07) is 5.39. The third-order valence-corrected chi connectivity index (χ3v) is 2.91. The molecule has 0 aliphatic rings. The third kappa shape index (κ3) is 2.79. The molecular formula is C14H14ClNO3. The van der Waals surface area contributed by atoms with Crippen LogP contribution in [0.1, 0.15) is 28.7 Å². The Morgan fingerprint density at radius 3 is 2.79 bits per heavy atom. The summed E-state index contributed by atoms with van der Waals surface area (Å²) in [6.45, 7) is 5.66. The Morgan fingerprint density at radius 1 is 1.42 bits per heavy atom. The van der Waals surface area contributed by atoms with Crippen LogP contribution in [0.2, 0.25) is 5.02 Å². The van der Waals surface area contributed by atoms with Gasteiger partial charge < -0.3 is 9.15 Å². The number of esters is 1. The van der Waals surface area contributed by atoms with Gasteiger partial charge in [-0.25, -0.2) is 9.78 Å². The van der Waals surface area contributed by atoms with Crippen molar-refractivity contribution in [2.45, 2.75) is 20.8 Å². The van der Waals surface area contributed by atoms with Crippen LogP contribution in [-0.2, 0) is 4.74 Å². The quantitative estimate of drug-likeness (QED) is 0.802. The number of ether oxygens (including phenoxy) is 1. The molecule has 0 aliphatic carbocycles. The van der Waals surface area contributed by atoms with Gasteiger partial charge in [-0.1, -0.05) is 11.6 Å². The second-order valence-corrected chi connectivity index (χ2v) is 4.55. The van der Waals surface area contributed by atoms with Crippen LogP contribution in [0.4, 0.5) is 0 Å². The molecule has 5 heteroatoms. The van der Waals surface area contributed by atoms with Crippen LogP contribution >= 0.6 is 11.6 Å². The van der Waals surface area contributed by atoms with E-state index in [0.29, 0.717) is 23.2 Å². The van der Waals surface area contributed by atoms with E-state index in [2.05, 4.69) is 4.98 Å². The van der Waals surface area contributed by atoms with E-state index < -0.39 is 5.97 Å². The monoisotopic (exact) mass is 279 g/mol. The van der Waals surface area contributed by atoms with Crippen LogP contribution in [0.3, 0.4) is 0 Å². The zero-order chi connectivity index (χ0) is 14.0. The van der Waals surface area contributed by atoms with Gasteiger partial charge in [-0.3, -0.25) is 0 Å². The fourth-order valence-electron chi connectivity index (χ4n) is 1.76. The van der Waals surface area contributed by atoms with Crippen LogP contribution in [-0.4, -0.2) is 17.6 Å². The summed E-state index contributed by atoms with van der Waals surface area (Å²) in [5.74, 6) is 0.0475. The van der Waals surface area contributed by atoms with E-state index in [1.807, 2.05) is 19.1 Å². The molecule has 0 saturated heterocycles. The molecule has 1 aromatic carbocycles. The lowest BCUT2D eigenvalue weighted by molar-refractivity contribution is 0.0490. The number of hydrogen-bond acceptors (Lipinski definition) is 4. The van der Waals surface area contributed by atoms with E-state index in [1.165, 1.54) is 0 Å². The maximum absolute atomic E-state index is 11.7. The highest BCUT2D eigenvalue weighted by Crippen LogP contribution is 2.27. The molecule has 0 N–H and O–H groups in total. The van der Waals surface area contributed by atoms with Gasteiger partial charge >= 0.3 is 5.97 Å². The minimum Gasteiger partial charge on any atom is -0.460 e. The van der Waals surface area contributed by atoms with Crippen molar-refractivity contribution in [3.63, 3.8) is 0 Å². The first-order chi connectivity index (χ1) is 9.02. The van der Waals surface area contributed by atoms with Gasteiger partial charge in [0.05, 0.1) is 12.3 Å². The van der Waals surface area contributed by atoms with E-state index in [0.717, 1.165) is 11.1 Å². The number of aryl methyl sites for hydroxylation is 2. The van der Waals surface area contributed by atoms with E-state index >= 15 is 0 Å². The van der Waals surface area contributed by atoms with Gasteiger partial charge in [0, 0.05) is 10.6 Å². The third-order valence-electron chi connectivity index (χ3n) is 2.68. The molecule has 0 bridgehead atoms. The molecule has 0 saturated carbocycles. The summed E-state index contributed by atoms with van der Waals surface area (Å²) in [5, 5.41) is 0.648. The summed E-state index contributed by atoms with van der Waals surface area (Å²) in [4.78, 5) is 15.9. The Balaban J connectivity index is 2.42. The minimum absolute atomic E-state index is 0.145. The Bertz CT molecular complexity index is 619. The van der Waals surface area contributed by atoms with Crippen LogP contribution < -0.4 is 0 Å². The first-order valence-electron chi connectivity index (χ1n) is 5.94. The van der Waals surface area contributed by atoms with Gasteiger partial charge in [0.15, 0.2) is 0 Å². The lowest BCUT2D eigenvalue weighted by Crippen LogP contribution is -2.04. The number of carbonyl (C=O) groups is 1. The zero-order valence-corrected chi connectivity index (χ0v) is 11.7. The molecule has 2 rings (SSSR count). The smallest absolute Gasteiger partial charge is 0.376 e. The second-order valence-electron chi connectivity index (χ2n) is 4.11. The van der Waals surface area contributed by atoms with Crippen LogP contribution in [0.25, 0.3) is 11.5 Å². The Morgan fingerprint density at radius 2 is 2.16 bits per heavy atom. The van der Waals surface area contributed by atoms with Crippen molar-refractivity contribution >= 4 is 17.6 Å². The predicted molar refractivity (Wildman–Crippen MR) is 72.4 cm³/mol. The maximum Gasteiger partial charge on any atom is 0.376 e. The average Bonchev–Trinajstić information content (AvgIpc) is 2.71. The molecule has 0 spiro atoms. The van der Waals surface area contributed by atoms with Gasteiger partial charge in [-0.15, -0.1) is 0 Å². The molecule has 0 radical (unpaired) electrons. The van der Waals surface area contributed by atoms with Crippen molar-refractivity contribution in [3.05, 3.63) is 40.2 Å². The number of nitrogens with zero attached hydrogens (tertiary/aromatic N) is 1. The van der Waals surface area contributed by atoms with Gasteiger partial charge in [0.2, 0.25) is 11.7 Å². The number of benzene rings is 1. The fraction of sp³-hybridized carbons (Fsp3) is 0.286. The molecule has 0 atom stereocenters. The average molecular weight is 280 g/mol. The number of hydrogen-bond donors (Lipinski definition) is 0. The SMILES string of the molecule is CCOC(=O)c1oc(-c2ccc(Cl)cc2C)nc1C. The fourth-order valence-corrected chi connectivity index (χ4v) is 1.99. The number of aromatic nitrogens is 1. The number of oxazole rings is 1. The van der Waals surface area contributed by atoms with Crippen molar-refractivity contribution in [3.8, 4) is 11.5 Å². The Labute approximate surface area is 116 Å². The summed E-state index contributed by atoms with van der Waals surface area (Å²) in [5.41, 5.74) is 2.26. The molecule has 1 heterocycles. The lowest BCUT2D eigenvalue weighted by atomic mass is 10.1. The molecular weight excluding hydrogens is 266 g/mol. The summed E-state index contributed by atoms with van der Waals surface area (Å²) < 4.78 is 10.4. The van der Waals surface area contributed by atoms with Gasteiger partial charge in [-0.05, 0) is 44.5 Å². The zero-order valence-electron chi connectivity index (χ0n) is 11.0. The number of rotatable bonds is 3. The van der Waals surface area contributed by atoms with Gasteiger partial charge in [0.25, 0.3) is 0 Å². The van der Waals surface area contributed by atoms with Crippen molar-refractivity contribution in [1.82, 2.24) is 4.98 Å². The van der Waals surface area contributed by atoms with Crippen LogP contribution in [0.15, 0.2) is 22.6 Å². The molecule has 1 aromatic heterocycles. The molecule has 2 aromatic rings. The molecule has 4 nitrogen and oxygen atoms in total. The van der Waals surface area contributed by atoms with E-state index in [1.54, 1.807) is 19.9 Å². The molecule has 19 heavy (non-hydrogen) atoms. The van der Waals surface area contributed by atoms with Crippen molar-refractivity contribution in [1.29, 1.82) is 0 Å². The van der Waals surface area contributed by atoms with Crippen molar-refractivity contribution < 1.29 is 13.9 Å². The van der Waals surface area contributed by atoms with Gasteiger partial charge in [-0.2, -0.15) is 0 Å². The van der Waals surface area contributed by atoms with E-state index in [-0.39, 0.29) is 5.76 Å². The van der Waals surface area contributed by atoms with Crippen molar-refractivity contribution in [2.24, 2.45) is 0 Å². The standard InChI is InChI=1S/C14H14ClNO3/c1-4-18-14(17)12-9(3)16-13(19-12)11-6-5-10(15)7-8(11)2/h5-7H,4H2,1-3H3. The first-order valence-corrected chi connectivity index (χ1v) is 6.31. The van der Waals surface area contributed by atoms with Crippen molar-refractivity contribution in [2.75, 3.05) is 6.61 Å². The largest absolute Gasteiger partial charge is 0.460 e. The minimum atomic E-state index is -0.495. The normalized spacial score (nSPS) is 10.5. The molecule has 0 aliphatic heterocycles. The maximum atomic E-state index is 11.7. The highest BCUT2D eigenvalue weighted by atomic mass is 35.5. The van der Waals surface area contributed by atoms with E-state index in [4.69, 9.17) is 20.8 Å². The van der Waals surface area contributed by atoms with E-state index in [9.17, 15) is 4.79 Å². The first kappa shape index (κ1) is 13.6. The topological polar surface area (TPSA) is 52.3 Å². The molecule has 100 valence electrons. The highest BCUT2D eigenvalue weighted by molar-refractivity contribution is 6.30. The highest BCUT2D eigenvalue weighted by Gasteiger charge is 2.20. The Kier molecular flexibility index (Phi) is 3.90. The van der Waals surface area contributed by atoms with Gasteiger partial charge in [0.1, 0.15) is 0 Å². The molecule has 0 amide bonds. The lowest BCUT2D eigenvalue weighted by Gasteiger charge is -2.01. The predicted octanol–water partition coefficient (Wildman–Crippen LogP) is 3.79. The van der Waals surface area contributed by atoms with Crippen LogP contribution in [0, 0.1) is 13.8 Å². The number of carbonyl (C=O) groups excluding carboxylic acids is 1. The summed E-state index contributed by atoms with van der Waals surface area (Å²) >= 11 is 5.91. The number of halogens is 1. The molecule has 0 unspecified atom stereocenters. The second kappa shape index (κ2) is 5.45. The summed E-state index contributed by atoms with van der Waals surface area (Å²) in [6.07, 6.45) is 0. The summed E-state index contributed by atoms with van der Waals surface area (Å²) in [7, 11) is 0. The Hall–Kier alpha value is -1.81.